The lowest BCUT2D eigenvalue weighted by atomic mass is 9.98. The van der Waals surface area contributed by atoms with E-state index in [1.54, 1.807) is 17.7 Å². The fourth-order valence-corrected chi connectivity index (χ4v) is 2.85. The summed E-state index contributed by atoms with van der Waals surface area (Å²) < 4.78 is 8.54. The van der Waals surface area contributed by atoms with Gasteiger partial charge in [-0.05, 0) is 38.0 Å². The molecule has 0 atom stereocenters. The SMILES string of the molecule is CCOC(=O)C1=Cc2c(n(C)n(-c3ccccc3)c2=O)CC1. The Morgan fingerprint density at radius 2 is 1.95 bits per heavy atom. The number of nitrogens with zero attached hydrogens (tertiary/aromatic N) is 2. The third-order valence-electron chi connectivity index (χ3n) is 3.91. The van der Waals surface area contributed by atoms with E-state index in [4.69, 9.17) is 4.74 Å². The Morgan fingerprint density at radius 3 is 2.64 bits per heavy atom. The van der Waals surface area contributed by atoms with Crippen molar-refractivity contribution >= 4 is 12.0 Å². The molecule has 0 saturated heterocycles. The summed E-state index contributed by atoms with van der Waals surface area (Å²) in [7, 11) is 1.87. The summed E-state index contributed by atoms with van der Waals surface area (Å²) in [6.45, 7) is 2.11. The molecular formula is C17H18N2O3. The van der Waals surface area contributed by atoms with Crippen molar-refractivity contribution in [2.45, 2.75) is 19.8 Å². The number of hydrogen-bond donors (Lipinski definition) is 0. The van der Waals surface area contributed by atoms with Crippen molar-refractivity contribution in [1.29, 1.82) is 0 Å². The molecule has 114 valence electrons. The van der Waals surface area contributed by atoms with E-state index in [0.717, 1.165) is 11.4 Å². The minimum atomic E-state index is -0.331. The third-order valence-corrected chi connectivity index (χ3v) is 3.91. The van der Waals surface area contributed by atoms with Crippen LogP contribution >= 0.6 is 0 Å². The molecule has 1 aliphatic rings. The van der Waals surface area contributed by atoms with E-state index in [1.165, 1.54) is 0 Å². The predicted octanol–water partition coefficient (Wildman–Crippen LogP) is 2.07. The van der Waals surface area contributed by atoms with E-state index >= 15 is 0 Å². The number of rotatable bonds is 3. The second-order valence-corrected chi connectivity index (χ2v) is 5.23. The zero-order chi connectivity index (χ0) is 15.7. The Kier molecular flexibility index (Phi) is 3.71. The highest BCUT2D eigenvalue weighted by molar-refractivity contribution is 5.94. The highest BCUT2D eigenvalue weighted by Gasteiger charge is 2.24. The highest BCUT2D eigenvalue weighted by atomic mass is 16.5. The van der Waals surface area contributed by atoms with Crippen molar-refractivity contribution in [2.24, 2.45) is 7.05 Å². The summed E-state index contributed by atoms with van der Waals surface area (Å²) >= 11 is 0. The molecular weight excluding hydrogens is 280 g/mol. The number of fused-ring (bicyclic) bond motifs is 1. The lowest BCUT2D eigenvalue weighted by Gasteiger charge is -2.14. The van der Waals surface area contributed by atoms with Gasteiger partial charge < -0.3 is 4.74 Å². The molecule has 22 heavy (non-hydrogen) atoms. The first kappa shape index (κ1) is 14.4. The molecule has 0 aliphatic heterocycles. The van der Waals surface area contributed by atoms with Crippen LogP contribution < -0.4 is 5.56 Å². The van der Waals surface area contributed by atoms with Gasteiger partial charge in [-0.15, -0.1) is 0 Å². The summed E-state index contributed by atoms with van der Waals surface area (Å²) in [6.07, 6.45) is 2.93. The zero-order valence-electron chi connectivity index (χ0n) is 12.7. The topological polar surface area (TPSA) is 53.2 Å². The van der Waals surface area contributed by atoms with Crippen LogP contribution in [0.4, 0.5) is 0 Å². The van der Waals surface area contributed by atoms with Gasteiger partial charge in [0.2, 0.25) is 0 Å². The average molecular weight is 298 g/mol. The monoisotopic (exact) mass is 298 g/mol. The van der Waals surface area contributed by atoms with Crippen LogP contribution in [0.25, 0.3) is 11.8 Å². The van der Waals surface area contributed by atoms with Crippen LogP contribution in [0.2, 0.25) is 0 Å². The molecule has 0 unspecified atom stereocenters. The number of benzene rings is 1. The molecule has 0 spiro atoms. The summed E-state index contributed by atoms with van der Waals surface area (Å²) in [4.78, 5) is 24.6. The summed E-state index contributed by atoms with van der Waals surface area (Å²) in [5, 5.41) is 0. The van der Waals surface area contributed by atoms with E-state index in [0.29, 0.717) is 30.6 Å². The first-order chi connectivity index (χ1) is 10.6. The number of carbonyl (C=O) groups is 1. The molecule has 0 bridgehead atoms. The average Bonchev–Trinajstić information content (AvgIpc) is 2.79. The van der Waals surface area contributed by atoms with Gasteiger partial charge in [0.05, 0.1) is 17.9 Å². The molecule has 0 radical (unpaired) electrons. The standard InChI is InChI=1S/C17H18N2O3/c1-3-22-17(21)12-9-10-15-14(11-12)16(20)19(18(15)2)13-7-5-4-6-8-13/h4-8,11H,3,9-10H2,1-2H3. The third kappa shape index (κ3) is 2.28. The summed E-state index contributed by atoms with van der Waals surface area (Å²) in [5.41, 5.74) is 2.81. The number of para-hydroxylation sites is 1. The Morgan fingerprint density at radius 1 is 1.23 bits per heavy atom. The molecule has 5 nitrogen and oxygen atoms in total. The summed E-state index contributed by atoms with van der Waals surface area (Å²) in [6, 6.07) is 9.49. The molecule has 2 aromatic rings. The van der Waals surface area contributed by atoms with Gasteiger partial charge in [0.15, 0.2) is 0 Å². The first-order valence-corrected chi connectivity index (χ1v) is 7.37. The van der Waals surface area contributed by atoms with E-state index < -0.39 is 0 Å². The molecule has 1 aromatic carbocycles. The van der Waals surface area contributed by atoms with Crippen LogP contribution in [0.5, 0.6) is 0 Å². The van der Waals surface area contributed by atoms with Crippen molar-refractivity contribution in [3.63, 3.8) is 0 Å². The maximum atomic E-state index is 12.7. The molecule has 0 saturated carbocycles. The fraction of sp³-hybridized carbons (Fsp3) is 0.294. The van der Waals surface area contributed by atoms with Crippen LogP contribution in [-0.2, 0) is 23.0 Å². The van der Waals surface area contributed by atoms with Gasteiger partial charge in [0.25, 0.3) is 5.56 Å². The zero-order valence-corrected chi connectivity index (χ0v) is 12.7. The lowest BCUT2D eigenvalue weighted by Crippen LogP contribution is -2.20. The maximum absolute atomic E-state index is 12.7. The molecule has 3 rings (SSSR count). The molecule has 1 heterocycles. The van der Waals surface area contributed by atoms with Crippen LogP contribution in [0.1, 0.15) is 24.6 Å². The van der Waals surface area contributed by atoms with Gasteiger partial charge in [0.1, 0.15) is 0 Å². The molecule has 0 N–H and O–H groups in total. The molecule has 1 aromatic heterocycles. The van der Waals surface area contributed by atoms with Crippen molar-refractivity contribution in [1.82, 2.24) is 9.36 Å². The number of ether oxygens (including phenoxy) is 1. The Balaban J connectivity index is 2.11. The smallest absolute Gasteiger partial charge is 0.334 e. The van der Waals surface area contributed by atoms with E-state index in [1.807, 2.05) is 42.1 Å². The minimum Gasteiger partial charge on any atom is -0.463 e. The number of aromatic nitrogens is 2. The van der Waals surface area contributed by atoms with Gasteiger partial charge in [-0.2, -0.15) is 0 Å². The predicted molar refractivity (Wildman–Crippen MR) is 83.9 cm³/mol. The van der Waals surface area contributed by atoms with E-state index in [-0.39, 0.29) is 11.5 Å². The second kappa shape index (κ2) is 5.67. The Hall–Kier alpha value is -2.56. The largest absolute Gasteiger partial charge is 0.463 e. The lowest BCUT2D eigenvalue weighted by molar-refractivity contribution is -0.138. The molecule has 0 fully saturated rings. The van der Waals surface area contributed by atoms with Crippen LogP contribution in [0, 0.1) is 0 Å². The van der Waals surface area contributed by atoms with Gasteiger partial charge in [-0.3, -0.25) is 9.48 Å². The minimum absolute atomic E-state index is 0.106. The van der Waals surface area contributed by atoms with Gasteiger partial charge in [-0.1, -0.05) is 18.2 Å². The van der Waals surface area contributed by atoms with Crippen molar-refractivity contribution < 1.29 is 9.53 Å². The van der Waals surface area contributed by atoms with Crippen molar-refractivity contribution in [2.75, 3.05) is 6.61 Å². The first-order valence-electron chi connectivity index (χ1n) is 7.37. The maximum Gasteiger partial charge on any atom is 0.334 e. The highest BCUT2D eigenvalue weighted by Crippen LogP contribution is 2.23. The van der Waals surface area contributed by atoms with E-state index in [2.05, 4.69) is 0 Å². The quantitative estimate of drug-likeness (QED) is 0.815. The van der Waals surface area contributed by atoms with Crippen molar-refractivity contribution in [3.8, 4) is 5.69 Å². The van der Waals surface area contributed by atoms with Crippen LogP contribution in [0.15, 0.2) is 40.7 Å². The number of esters is 1. The van der Waals surface area contributed by atoms with Crippen molar-refractivity contribution in [3.05, 3.63) is 57.5 Å². The fourth-order valence-electron chi connectivity index (χ4n) is 2.85. The van der Waals surface area contributed by atoms with Crippen LogP contribution in [-0.4, -0.2) is 21.9 Å². The van der Waals surface area contributed by atoms with Gasteiger partial charge in [-0.25, -0.2) is 9.48 Å². The second-order valence-electron chi connectivity index (χ2n) is 5.23. The molecule has 1 aliphatic carbocycles. The molecule has 0 amide bonds. The van der Waals surface area contributed by atoms with E-state index in [9.17, 15) is 9.59 Å². The van der Waals surface area contributed by atoms with Gasteiger partial charge in [0, 0.05) is 18.3 Å². The van der Waals surface area contributed by atoms with Crippen LogP contribution in [0.3, 0.4) is 0 Å². The molecule has 5 heteroatoms. The Labute approximate surface area is 128 Å². The van der Waals surface area contributed by atoms with Gasteiger partial charge >= 0.3 is 5.97 Å². The summed E-state index contributed by atoms with van der Waals surface area (Å²) in [5.74, 6) is -0.331. The Bertz CT molecular complexity index is 797. The number of carbonyl (C=O) groups excluding carboxylic acids is 1. The number of hydrogen-bond acceptors (Lipinski definition) is 3. The normalized spacial score (nSPS) is 13.5.